The molecule has 1 fully saturated rings. The summed E-state index contributed by atoms with van der Waals surface area (Å²) in [5, 5.41) is 17.2. The van der Waals surface area contributed by atoms with E-state index < -0.39 is 5.91 Å². The Morgan fingerprint density at radius 3 is 2.71 bits per heavy atom. The molecule has 1 aliphatic rings. The highest BCUT2D eigenvalue weighted by Gasteiger charge is 2.21. The van der Waals surface area contributed by atoms with Gasteiger partial charge in [0.1, 0.15) is 24.1 Å². The molecule has 0 saturated carbocycles. The van der Waals surface area contributed by atoms with Crippen molar-refractivity contribution >= 4 is 5.91 Å². The number of nitrogens with two attached hydrogens (primary N) is 1. The van der Waals surface area contributed by atoms with Crippen molar-refractivity contribution in [3.8, 4) is 11.8 Å². The number of nitriles is 1. The number of nitrogens with one attached hydrogen (secondary N) is 1. The van der Waals surface area contributed by atoms with Crippen LogP contribution in [-0.4, -0.2) is 28.8 Å². The highest BCUT2D eigenvalue weighted by Crippen LogP contribution is 2.22. The van der Waals surface area contributed by atoms with Crippen molar-refractivity contribution in [3.05, 3.63) is 47.3 Å². The summed E-state index contributed by atoms with van der Waals surface area (Å²) >= 11 is 0. The Morgan fingerprint density at radius 2 is 2.08 bits per heavy atom. The van der Waals surface area contributed by atoms with Crippen LogP contribution in [0.25, 0.3) is 0 Å². The Labute approximate surface area is 140 Å². The topological polar surface area (TPSA) is 106 Å². The van der Waals surface area contributed by atoms with Crippen LogP contribution in [0.5, 0.6) is 5.75 Å². The van der Waals surface area contributed by atoms with E-state index in [0.717, 1.165) is 31.5 Å². The lowest BCUT2D eigenvalue weighted by atomic mass is 10.1. The Bertz CT molecular complexity index is 754. The summed E-state index contributed by atoms with van der Waals surface area (Å²) in [7, 11) is 0. The molecule has 0 spiro atoms. The number of hydrogen-bond acceptors (Lipinski definition) is 5. The first-order valence-corrected chi connectivity index (χ1v) is 7.89. The van der Waals surface area contributed by atoms with E-state index in [1.807, 2.05) is 4.68 Å². The van der Waals surface area contributed by atoms with Crippen molar-refractivity contribution in [3.63, 3.8) is 0 Å². The number of carbonyl (C=O) groups excluding carboxylic acids is 1. The molecule has 0 aliphatic carbocycles. The molecule has 24 heavy (non-hydrogen) atoms. The summed E-state index contributed by atoms with van der Waals surface area (Å²) in [6, 6.07) is 9.09. The molecule has 0 unspecified atom stereocenters. The van der Waals surface area contributed by atoms with Gasteiger partial charge in [0.15, 0.2) is 0 Å². The SMILES string of the molecule is N#Cc1c(COc2ccc(C(N)=O)cc2)cnn1C1CCNCC1. The van der Waals surface area contributed by atoms with Crippen LogP contribution in [0.4, 0.5) is 0 Å². The molecule has 0 radical (unpaired) electrons. The van der Waals surface area contributed by atoms with Crippen LogP contribution in [0.2, 0.25) is 0 Å². The molecule has 1 amide bonds. The molecule has 1 aromatic carbocycles. The van der Waals surface area contributed by atoms with E-state index in [2.05, 4.69) is 16.5 Å². The highest BCUT2D eigenvalue weighted by molar-refractivity contribution is 5.92. The molecule has 7 nitrogen and oxygen atoms in total. The van der Waals surface area contributed by atoms with Crippen LogP contribution in [0.15, 0.2) is 30.5 Å². The van der Waals surface area contributed by atoms with E-state index >= 15 is 0 Å². The van der Waals surface area contributed by atoms with Crippen LogP contribution < -0.4 is 15.8 Å². The van der Waals surface area contributed by atoms with Gasteiger partial charge in [-0.2, -0.15) is 10.4 Å². The van der Waals surface area contributed by atoms with Gasteiger partial charge in [-0.1, -0.05) is 0 Å². The van der Waals surface area contributed by atoms with Crippen LogP contribution in [0.3, 0.4) is 0 Å². The molecule has 124 valence electrons. The Balaban J connectivity index is 1.70. The molecule has 7 heteroatoms. The summed E-state index contributed by atoms with van der Waals surface area (Å²) in [6.07, 6.45) is 3.62. The van der Waals surface area contributed by atoms with Crippen molar-refractivity contribution in [1.29, 1.82) is 5.26 Å². The molecule has 2 aromatic rings. The molecule has 1 aliphatic heterocycles. The minimum absolute atomic E-state index is 0.254. The number of aromatic nitrogens is 2. The summed E-state index contributed by atoms with van der Waals surface area (Å²) in [4.78, 5) is 11.1. The van der Waals surface area contributed by atoms with Crippen LogP contribution in [0, 0.1) is 11.3 Å². The monoisotopic (exact) mass is 325 g/mol. The van der Waals surface area contributed by atoms with Gasteiger partial charge < -0.3 is 15.8 Å². The number of piperidine rings is 1. The third-order valence-corrected chi connectivity index (χ3v) is 4.16. The van der Waals surface area contributed by atoms with Gasteiger partial charge in [-0.3, -0.25) is 9.48 Å². The zero-order valence-corrected chi connectivity index (χ0v) is 13.2. The smallest absolute Gasteiger partial charge is 0.248 e. The average molecular weight is 325 g/mol. The van der Waals surface area contributed by atoms with Crippen LogP contribution >= 0.6 is 0 Å². The maximum absolute atomic E-state index is 11.1. The van der Waals surface area contributed by atoms with Gasteiger partial charge in [-0.25, -0.2) is 0 Å². The second-order valence-corrected chi connectivity index (χ2v) is 5.73. The molecule has 1 saturated heterocycles. The van der Waals surface area contributed by atoms with Gasteiger partial charge in [0.05, 0.1) is 12.2 Å². The molecular weight excluding hydrogens is 306 g/mol. The molecule has 1 aromatic heterocycles. The second kappa shape index (κ2) is 7.15. The van der Waals surface area contributed by atoms with Gasteiger partial charge in [-0.05, 0) is 50.2 Å². The second-order valence-electron chi connectivity index (χ2n) is 5.73. The standard InChI is InChI=1S/C17H19N5O2/c18-9-16-13(10-21-22(16)14-5-7-20-8-6-14)11-24-15-3-1-12(2-4-15)17(19)23/h1-4,10,14,20H,5-8,11H2,(H2,19,23). The van der Waals surface area contributed by atoms with Gasteiger partial charge in [0, 0.05) is 11.1 Å². The fourth-order valence-corrected chi connectivity index (χ4v) is 2.83. The fraction of sp³-hybridized carbons (Fsp3) is 0.353. The number of benzene rings is 1. The van der Waals surface area contributed by atoms with E-state index in [9.17, 15) is 10.1 Å². The van der Waals surface area contributed by atoms with Gasteiger partial charge in [0.2, 0.25) is 5.91 Å². The van der Waals surface area contributed by atoms with Crippen molar-refractivity contribution < 1.29 is 9.53 Å². The molecule has 3 rings (SSSR count). The maximum atomic E-state index is 11.1. The Kier molecular flexibility index (Phi) is 4.77. The van der Waals surface area contributed by atoms with Crippen molar-refractivity contribution in [2.75, 3.05) is 13.1 Å². The Hall–Kier alpha value is -2.85. The lowest BCUT2D eigenvalue weighted by Gasteiger charge is -2.23. The average Bonchev–Trinajstić information content (AvgIpc) is 3.04. The van der Waals surface area contributed by atoms with Gasteiger partial charge in [-0.15, -0.1) is 0 Å². The molecule has 0 atom stereocenters. The zero-order chi connectivity index (χ0) is 16.9. The first-order chi connectivity index (χ1) is 11.7. The summed E-state index contributed by atoms with van der Waals surface area (Å²) < 4.78 is 7.52. The van der Waals surface area contributed by atoms with Crippen LogP contribution in [0.1, 0.15) is 40.5 Å². The number of nitrogens with zero attached hydrogens (tertiary/aromatic N) is 3. The van der Waals surface area contributed by atoms with E-state index in [1.54, 1.807) is 30.5 Å². The zero-order valence-electron chi connectivity index (χ0n) is 13.2. The highest BCUT2D eigenvalue weighted by atomic mass is 16.5. The summed E-state index contributed by atoms with van der Waals surface area (Å²) in [5.74, 6) is 0.134. The normalized spacial score (nSPS) is 15.0. The third kappa shape index (κ3) is 3.39. The third-order valence-electron chi connectivity index (χ3n) is 4.16. The first kappa shape index (κ1) is 16.0. The summed E-state index contributed by atoms with van der Waals surface area (Å²) in [5.41, 5.74) is 6.95. The van der Waals surface area contributed by atoms with E-state index in [1.165, 1.54) is 0 Å². The maximum Gasteiger partial charge on any atom is 0.248 e. The van der Waals surface area contributed by atoms with E-state index in [-0.39, 0.29) is 12.6 Å². The number of hydrogen-bond donors (Lipinski definition) is 2. The predicted octanol–water partition coefficient (Wildman–Crippen LogP) is 1.36. The van der Waals surface area contributed by atoms with Crippen molar-refractivity contribution in [2.24, 2.45) is 5.73 Å². The largest absolute Gasteiger partial charge is 0.489 e. The number of primary amides is 1. The Morgan fingerprint density at radius 1 is 1.38 bits per heavy atom. The molecule has 2 heterocycles. The minimum atomic E-state index is -0.475. The number of rotatable bonds is 5. The lowest BCUT2D eigenvalue weighted by molar-refractivity contribution is 0.1000. The quantitative estimate of drug-likeness (QED) is 0.863. The minimum Gasteiger partial charge on any atom is -0.489 e. The molecule has 3 N–H and O–H groups in total. The number of amides is 1. The van der Waals surface area contributed by atoms with E-state index in [0.29, 0.717) is 17.0 Å². The van der Waals surface area contributed by atoms with Crippen molar-refractivity contribution in [2.45, 2.75) is 25.5 Å². The number of carbonyl (C=O) groups is 1. The number of ether oxygens (including phenoxy) is 1. The first-order valence-electron chi connectivity index (χ1n) is 7.89. The predicted molar refractivity (Wildman–Crippen MR) is 87.4 cm³/mol. The molecular formula is C17H19N5O2. The summed E-state index contributed by atoms with van der Waals surface area (Å²) in [6.45, 7) is 2.13. The fourth-order valence-electron chi connectivity index (χ4n) is 2.83. The van der Waals surface area contributed by atoms with Crippen LogP contribution in [-0.2, 0) is 6.61 Å². The van der Waals surface area contributed by atoms with Gasteiger partial charge in [0.25, 0.3) is 0 Å². The van der Waals surface area contributed by atoms with Gasteiger partial charge >= 0.3 is 0 Å². The van der Waals surface area contributed by atoms with E-state index in [4.69, 9.17) is 10.5 Å². The van der Waals surface area contributed by atoms with Crippen molar-refractivity contribution in [1.82, 2.24) is 15.1 Å². The lowest BCUT2D eigenvalue weighted by Crippen LogP contribution is -2.30. The molecule has 0 bridgehead atoms.